The first kappa shape index (κ1) is 10.7. The van der Waals surface area contributed by atoms with Crippen molar-refractivity contribution in [1.29, 1.82) is 0 Å². The van der Waals surface area contributed by atoms with E-state index in [1.807, 2.05) is 12.1 Å². The molecule has 0 bridgehead atoms. The minimum atomic E-state index is -0.726. The van der Waals surface area contributed by atoms with Crippen LogP contribution < -0.4 is 0 Å². The average molecular weight is 208 g/mol. The zero-order valence-corrected chi connectivity index (χ0v) is 9.57. The lowest BCUT2D eigenvalue weighted by molar-refractivity contribution is -0.0871. The predicted octanol–water partition coefficient (Wildman–Crippen LogP) is 3.31. The highest BCUT2D eigenvalue weighted by Crippen LogP contribution is 2.45. The molecule has 1 N–H and O–H groups in total. The third-order valence-corrected chi connectivity index (χ3v) is 3.69. The van der Waals surface area contributed by atoms with Gasteiger partial charge in [0.1, 0.15) is 11.4 Å². The summed E-state index contributed by atoms with van der Waals surface area (Å²) in [5.74, 6) is 1.58. The molecule has 0 radical (unpaired) electrons. The van der Waals surface area contributed by atoms with Crippen molar-refractivity contribution in [1.82, 2.24) is 0 Å². The van der Waals surface area contributed by atoms with E-state index in [0.717, 1.165) is 25.0 Å². The second-order valence-corrected chi connectivity index (χ2v) is 5.00. The van der Waals surface area contributed by atoms with Gasteiger partial charge < -0.3 is 9.52 Å². The Kier molecular flexibility index (Phi) is 2.87. The van der Waals surface area contributed by atoms with E-state index in [4.69, 9.17) is 4.42 Å². The molecule has 1 aromatic rings. The number of hydrogen-bond donors (Lipinski definition) is 1. The Balaban J connectivity index is 2.30. The monoisotopic (exact) mass is 208 g/mol. The van der Waals surface area contributed by atoms with E-state index in [2.05, 4.69) is 13.8 Å². The molecule has 2 rings (SSSR count). The van der Waals surface area contributed by atoms with Gasteiger partial charge in [-0.25, -0.2) is 0 Å². The van der Waals surface area contributed by atoms with Crippen molar-refractivity contribution < 1.29 is 9.52 Å². The SMILES string of the molecule is CC(C)C1CCCCC1(O)c1ccco1. The number of rotatable bonds is 2. The van der Waals surface area contributed by atoms with Crippen molar-refractivity contribution in [2.24, 2.45) is 11.8 Å². The Bertz CT molecular complexity index is 302. The fraction of sp³-hybridized carbons (Fsp3) is 0.692. The zero-order chi connectivity index (χ0) is 10.9. The summed E-state index contributed by atoms with van der Waals surface area (Å²) in [6.45, 7) is 4.37. The first-order valence-electron chi connectivity index (χ1n) is 5.91. The Morgan fingerprint density at radius 2 is 2.27 bits per heavy atom. The maximum absolute atomic E-state index is 10.8. The van der Waals surface area contributed by atoms with E-state index in [-0.39, 0.29) is 0 Å². The first-order valence-corrected chi connectivity index (χ1v) is 5.91. The van der Waals surface area contributed by atoms with Gasteiger partial charge in [0.25, 0.3) is 0 Å². The van der Waals surface area contributed by atoms with Gasteiger partial charge in [0.15, 0.2) is 0 Å². The van der Waals surface area contributed by atoms with Gasteiger partial charge in [0, 0.05) is 0 Å². The molecule has 2 unspecified atom stereocenters. The molecule has 1 fully saturated rings. The van der Waals surface area contributed by atoms with Crippen LogP contribution in [0.3, 0.4) is 0 Å². The molecular weight excluding hydrogens is 188 g/mol. The highest BCUT2D eigenvalue weighted by atomic mass is 16.4. The lowest BCUT2D eigenvalue weighted by Gasteiger charge is -2.40. The molecule has 1 aromatic heterocycles. The highest BCUT2D eigenvalue weighted by Gasteiger charge is 2.43. The maximum atomic E-state index is 10.8. The topological polar surface area (TPSA) is 33.4 Å². The zero-order valence-electron chi connectivity index (χ0n) is 9.57. The molecule has 15 heavy (non-hydrogen) atoms. The van der Waals surface area contributed by atoms with E-state index >= 15 is 0 Å². The van der Waals surface area contributed by atoms with Crippen LogP contribution in [-0.2, 0) is 5.60 Å². The molecular formula is C13H20O2. The fourth-order valence-corrected chi connectivity index (χ4v) is 2.90. The van der Waals surface area contributed by atoms with Crippen molar-refractivity contribution >= 4 is 0 Å². The second-order valence-electron chi connectivity index (χ2n) is 5.00. The molecule has 1 aliphatic rings. The quantitative estimate of drug-likeness (QED) is 0.808. The van der Waals surface area contributed by atoms with Gasteiger partial charge in [-0.3, -0.25) is 0 Å². The van der Waals surface area contributed by atoms with Crippen molar-refractivity contribution in [2.75, 3.05) is 0 Å². The smallest absolute Gasteiger partial charge is 0.135 e. The van der Waals surface area contributed by atoms with Crippen LogP contribution in [0.5, 0.6) is 0 Å². The summed E-state index contributed by atoms with van der Waals surface area (Å²) in [6.07, 6.45) is 5.92. The van der Waals surface area contributed by atoms with E-state index in [1.54, 1.807) is 6.26 Å². The first-order chi connectivity index (χ1) is 7.14. The maximum Gasteiger partial charge on any atom is 0.135 e. The third kappa shape index (κ3) is 1.83. The summed E-state index contributed by atoms with van der Waals surface area (Å²) < 4.78 is 5.41. The minimum Gasteiger partial charge on any atom is -0.466 e. The van der Waals surface area contributed by atoms with Crippen LogP contribution in [0, 0.1) is 11.8 Å². The molecule has 1 saturated carbocycles. The van der Waals surface area contributed by atoms with Crippen molar-refractivity contribution in [3.8, 4) is 0 Å². The van der Waals surface area contributed by atoms with Crippen LogP contribution in [0.25, 0.3) is 0 Å². The Morgan fingerprint density at radius 3 is 2.87 bits per heavy atom. The van der Waals surface area contributed by atoms with E-state index in [9.17, 15) is 5.11 Å². The van der Waals surface area contributed by atoms with Crippen LogP contribution >= 0.6 is 0 Å². The van der Waals surface area contributed by atoms with Crippen LogP contribution in [0.1, 0.15) is 45.3 Å². The van der Waals surface area contributed by atoms with Gasteiger partial charge in [-0.2, -0.15) is 0 Å². The molecule has 0 saturated heterocycles. The van der Waals surface area contributed by atoms with Gasteiger partial charge in [-0.15, -0.1) is 0 Å². The summed E-state index contributed by atoms with van der Waals surface area (Å²) >= 11 is 0. The predicted molar refractivity (Wildman–Crippen MR) is 59.4 cm³/mol. The summed E-state index contributed by atoms with van der Waals surface area (Å²) in [4.78, 5) is 0. The highest BCUT2D eigenvalue weighted by molar-refractivity contribution is 5.12. The molecule has 2 atom stereocenters. The summed E-state index contributed by atoms with van der Waals surface area (Å²) in [6, 6.07) is 3.76. The molecule has 0 aromatic carbocycles. The average Bonchev–Trinajstić information content (AvgIpc) is 2.71. The molecule has 0 aliphatic heterocycles. The van der Waals surface area contributed by atoms with E-state index in [1.165, 1.54) is 6.42 Å². The number of hydrogen-bond acceptors (Lipinski definition) is 2. The Hall–Kier alpha value is -0.760. The molecule has 2 nitrogen and oxygen atoms in total. The molecule has 2 heteroatoms. The molecule has 0 spiro atoms. The van der Waals surface area contributed by atoms with Crippen molar-refractivity contribution in [2.45, 2.75) is 45.1 Å². The summed E-state index contributed by atoms with van der Waals surface area (Å²) in [5.41, 5.74) is -0.726. The normalized spacial score (nSPS) is 32.1. The van der Waals surface area contributed by atoms with Gasteiger partial charge in [-0.05, 0) is 36.8 Å². The van der Waals surface area contributed by atoms with Gasteiger partial charge in [0.2, 0.25) is 0 Å². The van der Waals surface area contributed by atoms with Gasteiger partial charge in [-0.1, -0.05) is 26.7 Å². The minimum absolute atomic E-state index is 0.331. The summed E-state index contributed by atoms with van der Waals surface area (Å²) in [7, 11) is 0. The molecule has 1 heterocycles. The van der Waals surface area contributed by atoms with Gasteiger partial charge >= 0.3 is 0 Å². The molecule has 0 amide bonds. The molecule has 1 aliphatic carbocycles. The lowest BCUT2D eigenvalue weighted by Crippen LogP contribution is -2.40. The van der Waals surface area contributed by atoms with Crippen molar-refractivity contribution in [3.63, 3.8) is 0 Å². The van der Waals surface area contributed by atoms with E-state index in [0.29, 0.717) is 11.8 Å². The number of aliphatic hydroxyl groups is 1. The fourth-order valence-electron chi connectivity index (χ4n) is 2.90. The van der Waals surface area contributed by atoms with Gasteiger partial charge in [0.05, 0.1) is 6.26 Å². The lowest BCUT2D eigenvalue weighted by atomic mass is 9.69. The van der Waals surface area contributed by atoms with Crippen LogP contribution in [0.2, 0.25) is 0 Å². The largest absolute Gasteiger partial charge is 0.466 e. The Labute approximate surface area is 91.3 Å². The van der Waals surface area contributed by atoms with Crippen LogP contribution in [-0.4, -0.2) is 5.11 Å². The van der Waals surface area contributed by atoms with Crippen molar-refractivity contribution in [3.05, 3.63) is 24.2 Å². The van der Waals surface area contributed by atoms with Crippen LogP contribution in [0.15, 0.2) is 22.8 Å². The van der Waals surface area contributed by atoms with E-state index < -0.39 is 5.60 Å². The summed E-state index contributed by atoms with van der Waals surface area (Å²) in [5, 5.41) is 10.8. The van der Waals surface area contributed by atoms with Crippen LogP contribution in [0.4, 0.5) is 0 Å². The molecule has 84 valence electrons. The standard InChI is InChI=1S/C13H20O2/c1-10(2)11-6-3-4-8-13(11,14)12-7-5-9-15-12/h5,7,9-11,14H,3-4,6,8H2,1-2H3. The third-order valence-electron chi connectivity index (χ3n) is 3.69. The number of furan rings is 1. The Morgan fingerprint density at radius 1 is 1.47 bits per heavy atom. The second kappa shape index (κ2) is 4.01.